The van der Waals surface area contributed by atoms with Gasteiger partial charge in [-0.2, -0.15) is 0 Å². The van der Waals surface area contributed by atoms with Crippen LogP contribution in [0.25, 0.3) is 0 Å². The molecule has 4 atom stereocenters. The van der Waals surface area contributed by atoms with Crippen LogP contribution in [0.5, 0.6) is 0 Å². The number of allylic oxidation sites excluding steroid dienone is 3. The number of fused-ring (bicyclic) bond motifs is 3. The molecule has 1 saturated heterocycles. The van der Waals surface area contributed by atoms with Gasteiger partial charge in [0.15, 0.2) is 0 Å². The number of carbonyl (C=O) groups is 1. The summed E-state index contributed by atoms with van der Waals surface area (Å²) < 4.78 is 11.6. The quantitative estimate of drug-likeness (QED) is 0.716. The number of anilines is 2. The minimum Gasteiger partial charge on any atom is -0.444 e. The second-order valence-electron chi connectivity index (χ2n) is 8.91. The fraction of sp³-hybridized carbons (Fsp3) is 0.522. The summed E-state index contributed by atoms with van der Waals surface area (Å²) in [5.41, 5.74) is 2.45. The van der Waals surface area contributed by atoms with Gasteiger partial charge in [-0.15, -0.1) is 0 Å². The Morgan fingerprint density at radius 1 is 1.29 bits per heavy atom. The molecule has 28 heavy (non-hydrogen) atoms. The molecular formula is C23H30N2O3. The molecule has 1 fully saturated rings. The molecule has 0 saturated carbocycles. The Bertz CT molecular complexity index is 794. The van der Waals surface area contributed by atoms with Gasteiger partial charge in [0.05, 0.1) is 6.10 Å². The standard InChI is InChI=1S/C23H30N2O3/c1-23(2,3)28-22(26)24-16-11-12-19-18(14-16)21-17(10-7-13-27-21)20(25-19)15-8-5-4-6-9-15/h4-6,8,11-12,14-15,17,20-21,25H,7,9-10,13H2,1-3H3,(H,24,26)/t15?,17-,20-,21-/m0/s1. The molecule has 1 amide bonds. The van der Waals surface area contributed by atoms with Crippen LogP contribution in [0.2, 0.25) is 0 Å². The van der Waals surface area contributed by atoms with E-state index in [4.69, 9.17) is 9.47 Å². The molecule has 0 aromatic heterocycles. The van der Waals surface area contributed by atoms with E-state index in [9.17, 15) is 4.79 Å². The van der Waals surface area contributed by atoms with E-state index in [0.717, 1.165) is 42.8 Å². The molecule has 5 heteroatoms. The minimum absolute atomic E-state index is 0.0645. The first-order valence-electron chi connectivity index (χ1n) is 10.3. The highest BCUT2D eigenvalue weighted by Crippen LogP contribution is 2.47. The van der Waals surface area contributed by atoms with Crippen molar-refractivity contribution in [1.82, 2.24) is 0 Å². The van der Waals surface area contributed by atoms with E-state index in [2.05, 4.69) is 34.9 Å². The van der Waals surface area contributed by atoms with Gasteiger partial charge in [0.25, 0.3) is 0 Å². The first kappa shape index (κ1) is 19.1. The summed E-state index contributed by atoms with van der Waals surface area (Å²) in [6.07, 6.45) is 11.8. The fourth-order valence-corrected chi connectivity index (χ4v) is 4.50. The molecule has 2 N–H and O–H groups in total. The lowest BCUT2D eigenvalue weighted by Gasteiger charge is -2.45. The monoisotopic (exact) mass is 382 g/mol. The summed E-state index contributed by atoms with van der Waals surface area (Å²) in [4.78, 5) is 12.1. The van der Waals surface area contributed by atoms with Crippen molar-refractivity contribution >= 4 is 17.5 Å². The molecule has 2 heterocycles. The van der Waals surface area contributed by atoms with Crippen LogP contribution in [0, 0.1) is 11.8 Å². The molecular weight excluding hydrogens is 352 g/mol. The molecule has 3 aliphatic rings. The smallest absolute Gasteiger partial charge is 0.412 e. The third-order valence-corrected chi connectivity index (χ3v) is 5.63. The SMILES string of the molecule is CC(C)(C)OC(=O)Nc1ccc2c(c1)[C@H]1OCCC[C@H]1[C@H](C1C=CC=CC1)N2. The van der Waals surface area contributed by atoms with E-state index in [-0.39, 0.29) is 6.10 Å². The predicted molar refractivity (Wildman–Crippen MR) is 112 cm³/mol. The zero-order valence-corrected chi connectivity index (χ0v) is 16.9. The molecule has 1 unspecified atom stereocenters. The van der Waals surface area contributed by atoms with Gasteiger partial charge >= 0.3 is 6.09 Å². The highest BCUT2D eigenvalue weighted by molar-refractivity contribution is 5.85. The normalized spacial score (nSPS) is 28.7. The average molecular weight is 383 g/mol. The van der Waals surface area contributed by atoms with Gasteiger partial charge in [0, 0.05) is 41.4 Å². The molecule has 2 aliphatic heterocycles. The molecule has 150 valence electrons. The van der Waals surface area contributed by atoms with Crippen molar-refractivity contribution in [3.05, 3.63) is 48.1 Å². The Balaban J connectivity index is 1.57. The van der Waals surface area contributed by atoms with Crippen molar-refractivity contribution in [1.29, 1.82) is 0 Å². The summed E-state index contributed by atoms with van der Waals surface area (Å²) >= 11 is 0. The third-order valence-electron chi connectivity index (χ3n) is 5.63. The predicted octanol–water partition coefficient (Wildman–Crippen LogP) is 5.43. The van der Waals surface area contributed by atoms with E-state index >= 15 is 0 Å². The number of amides is 1. The Hall–Kier alpha value is -2.27. The van der Waals surface area contributed by atoms with Crippen LogP contribution in [-0.2, 0) is 9.47 Å². The Morgan fingerprint density at radius 2 is 2.14 bits per heavy atom. The topological polar surface area (TPSA) is 59.6 Å². The van der Waals surface area contributed by atoms with Crippen LogP contribution >= 0.6 is 0 Å². The van der Waals surface area contributed by atoms with Gasteiger partial charge in [-0.1, -0.05) is 24.3 Å². The van der Waals surface area contributed by atoms with Crippen molar-refractivity contribution in [2.45, 2.75) is 57.8 Å². The maximum atomic E-state index is 12.1. The lowest BCUT2D eigenvalue weighted by Crippen LogP contribution is -2.45. The second-order valence-corrected chi connectivity index (χ2v) is 8.91. The molecule has 1 aliphatic carbocycles. The van der Waals surface area contributed by atoms with Crippen LogP contribution in [-0.4, -0.2) is 24.3 Å². The van der Waals surface area contributed by atoms with Crippen LogP contribution in [0.15, 0.2) is 42.5 Å². The maximum absolute atomic E-state index is 12.1. The zero-order valence-electron chi connectivity index (χ0n) is 16.9. The number of hydrogen-bond donors (Lipinski definition) is 2. The second kappa shape index (κ2) is 7.63. The van der Waals surface area contributed by atoms with Gasteiger partial charge in [-0.3, -0.25) is 5.32 Å². The summed E-state index contributed by atoms with van der Waals surface area (Å²) in [5.74, 6) is 0.908. The minimum atomic E-state index is -0.521. The Morgan fingerprint density at radius 3 is 2.89 bits per heavy atom. The summed E-state index contributed by atoms with van der Waals surface area (Å²) in [6, 6.07) is 6.36. The molecule has 0 radical (unpaired) electrons. The summed E-state index contributed by atoms with van der Waals surface area (Å²) in [5, 5.41) is 6.63. The molecule has 1 aromatic carbocycles. The molecule has 5 nitrogen and oxygen atoms in total. The average Bonchev–Trinajstić information content (AvgIpc) is 2.66. The van der Waals surface area contributed by atoms with Crippen molar-refractivity contribution in [2.75, 3.05) is 17.2 Å². The van der Waals surface area contributed by atoms with Gasteiger partial charge < -0.3 is 14.8 Å². The van der Waals surface area contributed by atoms with Gasteiger partial charge in [-0.05, 0) is 58.2 Å². The van der Waals surface area contributed by atoms with Crippen molar-refractivity contribution in [3.63, 3.8) is 0 Å². The summed E-state index contributed by atoms with van der Waals surface area (Å²) in [7, 11) is 0. The van der Waals surface area contributed by atoms with E-state index < -0.39 is 11.7 Å². The zero-order chi connectivity index (χ0) is 19.7. The highest BCUT2D eigenvalue weighted by atomic mass is 16.6. The number of carbonyl (C=O) groups excluding carboxylic acids is 1. The first-order chi connectivity index (χ1) is 13.4. The number of nitrogens with one attached hydrogen (secondary N) is 2. The van der Waals surface area contributed by atoms with E-state index in [1.807, 2.05) is 39.0 Å². The van der Waals surface area contributed by atoms with Crippen molar-refractivity contribution in [3.8, 4) is 0 Å². The van der Waals surface area contributed by atoms with E-state index in [0.29, 0.717) is 17.9 Å². The van der Waals surface area contributed by atoms with E-state index in [1.54, 1.807) is 0 Å². The van der Waals surface area contributed by atoms with E-state index in [1.165, 1.54) is 0 Å². The highest BCUT2D eigenvalue weighted by Gasteiger charge is 2.41. The molecule has 1 aromatic rings. The third kappa shape index (κ3) is 4.09. The Kier molecular flexibility index (Phi) is 5.19. The van der Waals surface area contributed by atoms with Gasteiger partial charge in [0.2, 0.25) is 0 Å². The van der Waals surface area contributed by atoms with Crippen LogP contribution in [0.1, 0.15) is 51.7 Å². The lowest BCUT2D eigenvalue weighted by atomic mass is 9.74. The number of rotatable bonds is 2. The summed E-state index contributed by atoms with van der Waals surface area (Å²) in [6.45, 7) is 6.37. The fourth-order valence-electron chi connectivity index (χ4n) is 4.50. The van der Waals surface area contributed by atoms with Crippen LogP contribution in [0.3, 0.4) is 0 Å². The molecule has 0 bridgehead atoms. The number of hydrogen-bond acceptors (Lipinski definition) is 4. The Labute approximate surface area is 167 Å². The molecule has 4 rings (SSSR count). The molecule has 0 spiro atoms. The van der Waals surface area contributed by atoms with Crippen molar-refractivity contribution in [2.24, 2.45) is 11.8 Å². The lowest BCUT2D eigenvalue weighted by molar-refractivity contribution is -0.0417. The number of benzene rings is 1. The van der Waals surface area contributed by atoms with Gasteiger partial charge in [-0.25, -0.2) is 4.79 Å². The maximum Gasteiger partial charge on any atom is 0.412 e. The largest absolute Gasteiger partial charge is 0.444 e. The van der Waals surface area contributed by atoms with Crippen molar-refractivity contribution < 1.29 is 14.3 Å². The van der Waals surface area contributed by atoms with Crippen LogP contribution < -0.4 is 10.6 Å². The first-order valence-corrected chi connectivity index (χ1v) is 10.3. The van der Waals surface area contributed by atoms with Gasteiger partial charge in [0.1, 0.15) is 5.60 Å². The number of ether oxygens (including phenoxy) is 2. The van der Waals surface area contributed by atoms with Crippen LogP contribution in [0.4, 0.5) is 16.2 Å².